The minimum absolute atomic E-state index is 0.0236. The number of rotatable bonds is 9. The van der Waals surface area contributed by atoms with E-state index < -0.39 is 43.2 Å². The minimum Gasteiger partial charge on any atom is -0.478 e. The zero-order valence-corrected chi connectivity index (χ0v) is 21.5. The molecule has 0 fully saturated rings. The highest BCUT2D eigenvalue weighted by molar-refractivity contribution is 14.1. The average Bonchev–Trinajstić information content (AvgIpc) is 2.65. The molecular formula is C16H19I3N2O8. The van der Waals surface area contributed by atoms with Gasteiger partial charge >= 0.3 is 5.97 Å². The summed E-state index contributed by atoms with van der Waals surface area (Å²) in [6.07, 6.45) is -2.37. The first-order valence-electron chi connectivity index (χ1n) is 8.03. The number of carboxylic acids is 1. The maximum Gasteiger partial charge on any atom is 0.337 e. The van der Waals surface area contributed by atoms with Gasteiger partial charge in [-0.3, -0.25) is 9.59 Å². The van der Waals surface area contributed by atoms with E-state index in [1.165, 1.54) is 7.05 Å². The highest BCUT2D eigenvalue weighted by Gasteiger charge is 2.31. The van der Waals surface area contributed by atoms with Crippen LogP contribution in [0.2, 0.25) is 0 Å². The third-order valence-electron chi connectivity index (χ3n) is 3.72. The molecule has 2 atom stereocenters. The number of aromatic carboxylic acids is 1. The lowest BCUT2D eigenvalue weighted by Gasteiger charge is -2.23. The molecule has 0 spiro atoms. The van der Waals surface area contributed by atoms with Gasteiger partial charge in [-0.1, -0.05) is 0 Å². The van der Waals surface area contributed by atoms with Crippen LogP contribution < -0.4 is 5.32 Å². The van der Waals surface area contributed by atoms with Gasteiger partial charge in [-0.2, -0.15) is 0 Å². The fourth-order valence-electron chi connectivity index (χ4n) is 2.25. The summed E-state index contributed by atoms with van der Waals surface area (Å²) in [5.41, 5.74) is -0.294. The SMILES string of the molecule is CN(CC(O)CO)C(=O)c1c(I)c(C(=O)O)c(I)c(C(=O)NCC(O)CO)c1I. The van der Waals surface area contributed by atoms with Gasteiger partial charge in [0.05, 0.1) is 42.1 Å². The molecule has 29 heavy (non-hydrogen) atoms. The molecule has 0 aliphatic rings. The van der Waals surface area contributed by atoms with Crippen LogP contribution in [0.3, 0.4) is 0 Å². The Morgan fingerprint density at radius 2 is 1.41 bits per heavy atom. The summed E-state index contributed by atoms with van der Waals surface area (Å²) in [5.74, 6) is -2.67. The van der Waals surface area contributed by atoms with E-state index in [9.17, 15) is 29.7 Å². The summed E-state index contributed by atoms with van der Waals surface area (Å²) in [4.78, 5) is 38.5. The Morgan fingerprint density at radius 3 is 1.90 bits per heavy atom. The van der Waals surface area contributed by atoms with Gasteiger partial charge in [0.1, 0.15) is 0 Å². The smallest absolute Gasteiger partial charge is 0.337 e. The van der Waals surface area contributed by atoms with E-state index >= 15 is 0 Å². The fraction of sp³-hybridized carbons (Fsp3) is 0.438. The molecule has 13 heteroatoms. The van der Waals surface area contributed by atoms with Crippen LogP contribution in [0.15, 0.2) is 0 Å². The second kappa shape index (κ2) is 11.9. The number of benzene rings is 1. The van der Waals surface area contributed by atoms with Crippen molar-refractivity contribution in [1.29, 1.82) is 0 Å². The first-order chi connectivity index (χ1) is 13.5. The van der Waals surface area contributed by atoms with Gasteiger partial charge in [0.25, 0.3) is 11.8 Å². The van der Waals surface area contributed by atoms with Crippen molar-refractivity contribution < 1.29 is 39.9 Å². The third kappa shape index (κ3) is 6.57. The lowest BCUT2D eigenvalue weighted by atomic mass is 10.0. The molecular weight excluding hydrogens is 729 g/mol. The molecule has 1 rings (SSSR count). The third-order valence-corrected chi connectivity index (χ3v) is 6.96. The van der Waals surface area contributed by atoms with Gasteiger partial charge in [0, 0.05) is 30.8 Å². The minimum atomic E-state index is -1.33. The molecule has 0 saturated carbocycles. The molecule has 1 aromatic rings. The quantitative estimate of drug-likeness (QED) is 0.188. The number of likely N-dealkylation sites (N-methyl/N-ethyl adjacent to an activating group) is 1. The largest absolute Gasteiger partial charge is 0.478 e. The number of aliphatic hydroxyl groups excluding tert-OH is 4. The van der Waals surface area contributed by atoms with Crippen LogP contribution >= 0.6 is 67.8 Å². The lowest BCUT2D eigenvalue weighted by molar-refractivity contribution is 0.0518. The Kier molecular flexibility index (Phi) is 10.9. The summed E-state index contributed by atoms with van der Waals surface area (Å²) in [6.45, 7) is -1.58. The highest BCUT2D eigenvalue weighted by atomic mass is 127. The normalized spacial score (nSPS) is 13.0. The number of carbonyl (C=O) groups excluding carboxylic acids is 2. The molecule has 162 valence electrons. The maximum absolute atomic E-state index is 12.9. The predicted octanol–water partition coefficient (Wildman–Crippen LogP) is -0.293. The van der Waals surface area contributed by atoms with Crippen molar-refractivity contribution in [3.05, 3.63) is 27.4 Å². The second-order valence-corrected chi connectivity index (χ2v) is 9.18. The number of nitrogens with one attached hydrogen (secondary N) is 1. The van der Waals surface area contributed by atoms with Crippen molar-refractivity contribution in [3.63, 3.8) is 0 Å². The second-order valence-electron chi connectivity index (χ2n) is 5.94. The summed E-state index contributed by atoms with van der Waals surface area (Å²) < 4.78 is 0.452. The first-order valence-corrected chi connectivity index (χ1v) is 11.3. The topological polar surface area (TPSA) is 168 Å². The van der Waals surface area contributed by atoms with Crippen molar-refractivity contribution in [2.75, 3.05) is 33.4 Å². The Morgan fingerprint density at radius 1 is 0.931 bits per heavy atom. The molecule has 10 nitrogen and oxygen atoms in total. The zero-order valence-electron chi connectivity index (χ0n) is 15.0. The standard InChI is InChI=1S/C16H19I3N2O8/c1-21(3-7(25)5-23)15(27)9-11(17)8(14(26)20-2-6(24)4-22)12(18)10(13(9)19)16(28)29/h6-7,22-25H,2-5H2,1H3,(H,20,26)(H,28,29). The number of nitrogens with zero attached hydrogens (tertiary/aromatic N) is 1. The summed E-state index contributed by atoms with van der Waals surface area (Å²) in [6, 6.07) is 0. The van der Waals surface area contributed by atoms with Crippen LogP contribution in [0, 0.1) is 10.7 Å². The van der Waals surface area contributed by atoms with Crippen LogP contribution in [-0.4, -0.2) is 93.8 Å². The molecule has 1 aromatic carbocycles. The molecule has 6 N–H and O–H groups in total. The van der Waals surface area contributed by atoms with Gasteiger partial charge in [-0.25, -0.2) is 4.79 Å². The molecule has 0 saturated heterocycles. The number of carbonyl (C=O) groups is 3. The van der Waals surface area contributed by atoms with Crippen LogP contribution in [0.4, 0.5) is 0 Å². The number of hydrogen-bond acceptors (Lipinski definition) is 7. The summed E-state index contributed by atoms with van der Waals surface area (Å²) >= 11 is 5.20. The average molecular weight is 748 g/mol. The number of halogens is 3. The number of amides is 2. The molecule has 0 aromatic heterocycles. The van der Waals surface area contributed by atoms with Crippen molar-refractivity contribution >= 4 is 85.6 Å². The summed E-state index contributed by atoms with van der Waals surface area (Å²) in [5, 5.41) is 48.9. The predicted molar refractivity (Wildman–Crippen MR) is 127 cm³/mol. The van der Waals surface area contributed by atoms with E-state index in [1.807, 2.05) is 0 Å². The number of carboxylic acid groups (broad SMARTS) is 1. The van der Waals surface area contributed by atoms with E-state index in [4.69, 9.17) is 10.2 Å². The fourth-order valence-corrected chi connectivity index (χ4v) is 6.83. The molecule has 2 unspecified atom stereocenters. The van der Waals surface area contributed by atoms with E-state index in [-0.39, 0.29) is 40.5 Å². The van der Waals surface area contributed by atoms with Crippen molar-refractivity contribution in [2.45, 2.75) is 12.2 Å². The molecule has 0 aliphatic carbocycles. The van der Waals surface area contributed by atoms with Gasteiger partial charge < -0.3 is 35.7 Å². The van der Waals surface area contributed by atoms with Crippen LogP contribution in [-0.2, 0) is 0 Å². The molecule has 0 aliphatic heterocycles. The van der Waals surface area contributed by atoms with E-state index in [2.05, 4.69) is 5.32 Å². The molecule has 0 heterocycles. The number of hydrogen-bond donors (Lipinski definition) is 6. The van der Waals surface area contributed by atoms with Gasteiger partial charge in [-0.05, 0) is 67.8 Å². The van der Waals surface area contributed by atoms with Crippen LogP contribution in [0.25, 0.3) is 0 Å². The van der Waals surface area contributed by atoms with Crippen molar-refractivity contribution in [1.82, 2.24) is 10.2 Å². The van der Waals surface area contributed by atoms with E-state index in [0.29, 0.717) is 0 Å². The zero-order chi connectivity index (χ0) is 22.5. The van der Waals surface area contributed by atoms with Crippen molar-refractivity contribution in [2.24, 2.45) is 0 Å². The monoisotopic (exact) mass is 748 g/mol. The first kappa shape index (κ1) is 26.7. The number of aliphatic hydroxyl groups is 4. The molecule has 2 amide bonds. The molecule has 0 radical (unpaired) electrons. The van der Waals surface area contributed by atoms with Gasteiger partial charge in [0.2, 0.25) is 0 Å². The Labute approximate surface area is 207 Å². The maximum atomic E-state index is 12.9. The van der Waals surface area contributed by atoms with Gasteiger partial charge in [0.15, 0.2) is 0 Å². The lowest BCUT2D eigenvalue weighted by Crippen LogP contribution is -2.38. The summed E-state index contributed by atoms with van der Waals surface area (Å²) in [7, 11) is 1.38. The van der Waals surface area contributed by atoms with E-state index in [1.54, 1.807) is 67.8 Å². The highest BCUT2D eigenvalue weighted by Crippen LogP contribution is 2.33. The Bertz CT molecular complexity index is 805. The Balaban J connectivity index is 3.54. The van der Waals surface area contributed by atoms with Crippen LogP contribution in [0.1, 0.15) is 31.1 Å². The van der Waals surface area contributed by atoms with Crippen LogP contribution in [0.5, 0.6) is 0 Å². The van der Waals surface area contributed by atoms with Gasteiger partial charge in [-0.15, -0.1) is 0 Å². The Hall–Kier alpha value is -0.340. The van der Waals surface area contributed by atoms with Crippen molar-refractivity contribution in [3.8, 4) is 0 Å². The van der Waals surface area contributed by atoms with E-state index in [0.717, 1.165) is 4.90 Å². The molecule has 0 bridgehead atoms.